The highest BCUT2D eigenvalue weighted by atomic mass is 32.1. The third kappa shape index (κ3) is 3.45. The number of hydrogen-bond donors (Lipinski definition) is 2. The highest BCUT2D eigenvalue weighted by molar-refractivity contribution is 7.13. The van der Waals surface area contributed by atoms with Crippen molar-refractivity contribution in [2.75, 3.05) is 11.1 Å². The molecule has 7 heteroatoms. The first-order chi connectivity index (χ1) is 10.2. The molecule has 0 aliphatic rings. The maximum Gasteiger partial charge on any atom is 0.233 e. The van der Waals surface area contributed by atoms with Crippen LogP contribution in [0.15, 0.2) is 41.2 Å². The predicted molar refractivity (Wildman–Crippen MR) is 86.4 cm³/mol. The summed E-state index contributed by atoms with van der Waals surface area (Å²) in [6, 6.07) is 7.51. The Kier molecular flexibility index (Phi) is 3.94. The highest BCUT2D eigenvalue weighted by Gasteiger charge is 2.10. The molecule has 0 aliphatic carbocycles. The monoisotopic (exact) mass is 316 g/mol. The van der Waals surface area contributed by atoms with Gasteiger partial charge in [-0.2, -0.15) is 0 Å². The van der Waals surface area contributed by atoms with Gasteiger partial charge in [-0.05, 0) is 12.1 Å². The van der Waals surface area contributed by atoms with Crippen LogP contribution < -0.4 is 11.1 Å². The van der Waals surface area contributed by atoms with Gasteiger partial charge in [0.1, 0.15) is 5.01 Å². The Bertz CT molecular complexity index is 735. The summed E-state index contributed by atoms with van der Waals surface area (Å²) >= 11 is 2.86. The molecule has 0 radical (unpaired) electrons. The first kappa shape index (κ1) is 13.7. The van der Waals surface area contributed by atoms with Crippen LogP contribution in [0.4, 0.5) is 10.8 Å². The lowest BCUT2D eigenvalue weighted by Gasteiger charge is -1.99. The van der Waals surface area contributed by atoms with Gasteiger partial charge in [-0.25, -0.2) is 9.97 Å². The van der Waals surface area contributed by atoms with E-state index in [0.29, 0.717) is 5.13 Å². The Balaban J connectivity index is 1.67. The maximum absolute atomic E-state index is 11.9. The number of hydrogen-bond acceptors (Lipinski definition) is 6. The molecule has 3 aromatic rings. The van der Waals surface area contributed by atoms with Gasteiger partial charge in [-0.3, -0.25) is 4.79 Å². The van der Waals surface area contributed by atoms with E-state index in [0.717, 1.165) is 22.0 Å². The van der Waals surface area contributed by atoms with E-state index in [9.17, 15) is 4.79 Å². The van der Waals surface area contributed by atoms with Crippen molar-refractivity contribution >= 4 is 39.4 Å². The van der Waals surface area contributed by atoms with Crippen molar-refractivity contribution < 1.29 is 4.79 Å². The average Bonchev–Trinajstić information content (AvgIpc) is 3.11. The third-order valence-corrected chi connectivity index (χ3v) is 4.29. The average molecular weight is 316 g/mol. The van der Waals surface area contributed by atoms with Crippen molar-refractivity contribution in [1.29, 1.82) is 0 Å². The zero-order valence-corrected chi connectivity index (χ0v) is 12.6. The van der Waals surface area contributed by atoms with Gasteiger partial charge in [0.2, 0.25) is 5.91 Å². The first-order valence-electron chi connectivity index (χ1n) is 6.20. The van der Waals surface area contributed by atoms with Gasteiger partial charge in [-0.15, -0.1) is 22.7 Å². The molecule has 106 valence electrons. The largest absolute Gasteiger partial charge is 0.399 e. The van der Waals surface area contributed by atoms with Crippen LogP contribution in [-0.2, 0) is 11.2 Å². The number of nitrogens with zero attached hydrogens (tertiary/aromatic N) is 2. The molecule has 21 heavy (non-hydrogen) atoms. The van der Waals surface area contributed by atoms with E-state index in [-0.39, 0.29) is 12.3 Å². The molecular weight excluding hydrogens is 304 g/mol. The molecule has 0 spiro atoms. The van der Waals surface area contributed by atoms with E-state index in [2.05, 4.69) is 15.3 Å². The SMILES string of the molecule is Nc1ccc(-c2csc(CC(=O)Nc3nccs3)n2)cc1. The molecule has 0 saturated heterocycles. The fourth-order valence-corrected chi connectivity index (χ4v) is 3.11. The summed E-state index contributed by atoms with van der Waals surface area (Å²) in [7, 11) is 0. The number of amides is 1. The number of nitrogens with two attached hydrogens (primary N) is 1. The zero-order valence-electron chi connectivity index (χ0n) is 10.9. The minimum absolute atomic E-state index is 0.108. The summed E-state index contributed by atoms with van der Waals surface area (Å²) in [5.74, 6) is -0.108. The van der Waals surface area contributed by atoms with Crippen molar-refractivity contribution in [1.82, 2.24) is 9.97 Å². The fraction of sp³-hybridized carbons (Fsp3) is 0.0714. The zero-order chi connectivity index (χ0) is 14.7. The van der Waals surface area contributed by atoms with Crippen molar-refractivity contribution in [2.24, 2.45) is 0 Å². The minimum atomic E-state index is -0.108. The van der Waals surface area contributed by atoms with E-state index < -0.39 is 0 Å². The molecule has 1 aromatic carbocycles. The number of nitrogens with one attached hydrogen (secondary N) is 1. The number of thiazole rings is 2. The second-order valence-electron chi connectivity index (χ2n) is 4.31. The van der Waals surface area contributed by atoms with E-state index in [1.54, 1.807) is 6.20 Å². The van der Waals surface area contributed by atoms with Gasteiger partial charge in [0.05, 0.1) is 12.1 Å². The van der Waals surface area contributed by atoms with Crippen LogP contribution in [0, 0.1) is 0 Å². The van der Waals surface area contributed by atoms with Crippen molar-refractivity contribution in [3.05, 3.63) is 46.2 Å². The van der Waals surface area contributed by atoms with E-state index in [4.69, 9.17) is 5.73 Å². The predicted octanol–water partition coefficient (Wildman–Crippen LogP) is 3.03. The minimum Gasteiger partial charge on any atom is -0.399 e. The van der Waals surface area contributed by atoms with E-state index >= 15 is 0 Å². The second kappa shape index (κ2) is 6.02. The van der Waals surface area contributed by atoms with Gasteiger partial charge >= 0.3 is 0 Å². The number of rotatable bonds is 4. The van der Waals surface area contributed by atoms with Gasteiger partial charge in [-0.1, -0.05) is 12.1 Å². The molecular formula is C14H12N4OS2. The van der Waals surface area contributed by atoms with Crippen LogP contribution in [0.5, 0.6) is 0 Å². The lowest BCUT2D eigenvalue weighted by molar-refractivity contribution is -0.115. The van der Waals surface area contributed by atoms with Crippen molar-refractivity contribution in [3.8, 4) is 11.3 Å². The van der Waals surface area contributed by atoms with Crippen LogP contribution in [0.25, 0.3) is 11.3 Å². The van der Waals surface area contributed by atoms with Gasteiger partial charge in [0, 0.05) is 28.2 Å². The summed E-state index contributed by atoms with van der Waals surface area (Å²) in [5.41, 5.74) is 8.24. The van der Waals surface area contributed by atoms with Crippen molar-refractivity contribution in [3.63, 3.8) is 0 Å². The van der Waals surface area contributed by atoms with Crippen LogP contribution in [0.3, 0.4) is 0 Å². The van der Waals surface area contributed by atoms with Crippen LogP contribution in [0.1, 0.15) is 5.01 Å². The van der Waals surface area contributed by atoms with Gasteiger partial charge < -0.3 is 11.1 Å². The molecule has 0 atom stereocenters. The number of benzene rings is 1. The summed E-state index contributed by atoms with van der Waals surface area (Å²) in [5, 5.41) is 7.89. The second-order valence-corrected chi connectivity index (χ2v) is 6.15. The van der Waals surface area contributed by atoms with Gasteiger partial charge in [0.15, 0.2) is 5.13 Å². The molecule has 0 saturated carbocycles. The normalized spacial score (nSPS) is 10.5. The topological polar surface area (TPSA) is 80.9 Å². The van der Waals surface area contributed by atoms with E-state index in [1.165, 1.54) is 22.7 Å². The van der Waals surface area contributed by atoms with Crippen LogP contribution >= 0.6 is 22.7 Å². The number of aromatic nitrogens is 2. The first-order valence-corrected chi connectivity index (χ1v) is 7.96. The summed E-state index contributed by atoms with van der Waals surface area (Å²) in [6.45, 7) is 0. The van der Waals surface area contributed by atoms with E-state index in [1.807, 2.05) is 35.0 Å². The molecule has 3 N–H and O–H groups in total. The Morgan fingerprint density at radius 1 is 1.24 bits per heavy atom. The summed E-state index contributed by atoms with van der Waals surface area (Å²) in [6.07, 6.45) is 1.90. The molecule has 2 heterocycles. The lowest BCUT2D eigenvalue weighted by atomic mass is 10.1. The molecule has 1 amide bonds. The number of anilines is 2. The molecule has 0 fully saturated rings. The Labute approximate surface area is 129 Å². The molecule has 0 bridgehead atoms. The number of nitrogen functional groups attached to an aromatic ring is 1. The quantitative estimate of drug-likeness (QED) is 0.725. The molecule has 2 aromatic heterocycles. The molecule has 5 nitrogen and oxygen atoms in total. The number of carbonyl (C=O) groups is 1. The Hall–Kier alpha value is -2.25. The van der Waals surface area contributed by atoms with Crippen molar-refractivity contribution in [2.45, 2.75) is 6.42 Å². The standard InChI is InChI=1S/C14H12N4OS2/c15-10-3-1-9(2-4-10)11-8-21-13(17-11)7-12(19)18-14-16-5-6-20-14/h1-6,8H,7,15H2,(H,16,18,19). The Morgan fingerprint density at radius 2 is 2.05 bits per heavy atom. The van der Waals surface area contributed by atoms with Crippen LogP contribution in [-0.4, -0.2) is 15.9 Å². The third-order valence-electron chi connectivity index (χ3n) is 2.75. The summed E-state index contributed by atoms with van der Waals surface area (Å²) < 4.78 is 0. The molecule has 0 unspecified atom stereocenters. The molecule has 0 aliphatic heterocycles. The smallest absolute Gasteiger partial charge is 0.233 e. The summed E-state index contributed by atoms with van der Waals surface area (Å²) in [4.78, 5) is 20.4. The van der Waals surface area contributed by atoms with Crippen LogP contribution in [0.2, 0.25) is 0 Å². The fourth-order valence-electron chi connectivity index (χ4n) is 1.76. The lowest BCUT2D eigenvalue weighted by Crippen LogP contribution is -2.13. The number of carbonyl (C=O) groups excluding carboxylic acids is 1. The van der Waals surface area contributed by atoms with Gasteiger partial charge in [0.25, 0.3) is 0 Å². The molecule has 3 rings (SSSR count). The highest BCUT2D eigenvalue weighted by Crippen LogP contribution is 2.23. The Morgan fingerprint density at radius 3 is 2.76 bits per heavy atom. The maximum atomic E-state index is 11.9.